The van der Waals surface area contributed by atoms with Crippen LogP contribution < -0.4 is 5.32 Å². The average Bonchev–Trinajstić information content (AvgIpc) is 3.34. The van der Waals surface area contributed by atoms with Crippen LogP contribution in [0.1, 0.15) is 45.0 Å². The second-order valence-corrected chi connectivity index (χ2v) is 11.2. The number of nitrogens with one attached hydrogen (secondary N) is 1. The number of carbonyl (C=O) groups excluding carboxylic acids is 2. The summed E-state index contributed by atoms with van der Waals surface area (Å²) in [6, 6.07) is 23.9. The molecule has 0 saturated carbocycles. The molecule has 6 rings (SSSR count). The van der Waals surface area contributed by atoms with Gasteiger partial charge in [-0.3, -0.25) is 4.79 Å². The number of benzene rings is 3. The van der Waals surface area contributed by atoms with Crippen LogP contribution in [0, 0.1) is 0 Å². The van der Waals surface area contributed by atoms with Crippen molar-refractivity contribution < 1.29 is 19.1 Å². The smallest absolute Gasteiger partial charge is 0.407 e. The normalized spacial score (nSPS) is 14.1. The number of hydrogen-bond acceptors (Lipinski definition) is 6. The summed E-state index contributed by atoms with van der Waals surface area (Å²) < 4.78 is 11.2. The summed E-state index contributed by atoms with van der Waals surface area (Å²) in [5.41, 5.74) is 8.07. The van der Waals surface area contributed by atoms with Crippen molar-refractivity contribution in [2.24, 2.45) is 0 Å². The Kier molecular flexibility index (Phi) is 8.19. The molecule has 6 nitrogen and oxygen atoms in total. The predicted octanol–water partition coefficient (Wildman–Crippen LogP) is 7.54. The van der Waals surface area contributed by atoms with E-state index in [1.54, 1.807) is 18.3 Å². The van der Waals surface area contributed by atoms with Crippen LogP contribution in [0.4, 0.5) is 4.79 Å². The summed E-state index contributed by atoms with van der Waals surface area (Å²) in [7, 11) is 0. The number of aldehydes is 1. The molecule has 0 unspecified atom stereocenters. The van der Waals surface area contributed by atoms with Gasteiger partial charge in [0, 0.05) is 29.1 Å². The number of carbonyl (C=O) groups is 2. The first-order valence-electron chi connectivity index (χ1n) is 13.4. The fourth-order valence-corrected chi connectivity index (χ4v) is 6.68. The standard InChI is InChI=1S/C33H27ClN2O4S/c34-30-17-23(21-11-14-39-15-12-21)16-24(31(30)41-32-22(19-37)6-5-13-35-32)18-36-33(38)40-20-29-27-9-3-1-7-25(27)26-8-2-4-10-28(26)29/h1-11,13,16-17,19,29H,12,14-15,18,20H2,(H,36,38). The van der Waals surface area contributed by atoms with Crippen LogP contribution >= 0.6 is 23.4 Å². The Labute approximate surface area is 247 Å². The van der Waals surface area contributed by atoms with E-state index in [9.17, 15) is 9.59 Å². The van der Waals surface area contributed by atoms with Crippen molar-refractivity contribution in [1.29, 1.82) is 0 Å². The van der Waals surface area contributed by atoms with Gasteiger partial charge in [0.2, 0.25) is 0 Å². The van der Waals surface area contributed by atoms with Crippen molar-refractivity contribution in [3.05, 3.63) is 118 Å². The molecular weight excluding hydrogens is 556 g/mol. The lowest BCUT2D eigenvalue weighted by Gasteiger charge is -2.19. The quantitative estimate of drug-likeness (QED) is 0.216. The maximum absolute atomic E-state index is 13.0. The third kappa shape index (κ3) is 5.79. The Morgan fingerprint density at radius 1 is 1.07 bits per heavy atom. The monoisotopic (exact) mass is 582 g/mol. The SMILES string of the molecule is O=Cc1cccnc1Sc1c(Cl)cc(C2=CCOCC2)cc1CNC(=O)OCC1c2ccccc2-c2ccccc21. The van der Waals surface area contributed by atoms with E-state index < -0.39 is 6.09 Å². The van der Waals surface area contributed by atoms with Gasteiger partial charge in [-0.15, -0.1) is 0 Å². The Morgan fingerprint density at radius 3 is 2.54 bits per heavy atom. The molecule has 1 aromatic heterocycles. The van der Waals surface area contributed by atoms with E-state index in [2.05, 4.69) is 34.6 Å². The number of alkyl carbamates (subject to hydrolysis) is 1. The molecule has 0 saturated heterocycles. The first kappa shape index (κ1) is 27.3. The number of nitrogens with zero attached hydrogens (tertiary/aromatic N) is 1. The molecule has 0 fully saturated rings. The van der Waals surface area contributed by atoms with E-state index in [1.165, 1.54) is 22.9 Å². The molecule has 0 radical (unpaired) electrons. The molecule has 2 heterocycles. The van der Waals surface area contributed by atoms with Crippen molar-refractivity contribution in [1.82, 2.24) is 10.3 Å². The molecule has 1 N–H and O–H groups in total. The lowest BCUT2D eigenvalue weighted by atomic mass is 9.98. The molecule has 4 aromatic rings. The van der Waals surface area contributed by atoms with Gasteiger partial charge in [0.05, 0.1) is 18.2 Å². The van der Waals surface area contributed by atoms with E-state index in [0.29, 0.717) is 28.8 Å². The number of amides is 1. The molecule has 0 bridgehead atoms. The Balaban J connectivity index is 1.21. The fraction of sp³-hybridized carbons (Fsp3) is 0.182. The number of fused-ring (bicyclic) bond motifs is 3. The number of hydrogen-bond donors (Lipinski definition) is 1. The van der Waals surface area contributed by atoms with Crippen LogP contribution in [0.15, 0.2) is 95.0 Å². The van der Waals surface area contributed by atoms with Crippen molar-refractivity contribution >= 4 is 41.3 Å². The lowest BCUT2D eigenvalue weighted by molar-refractivity contribution is 0.112. The molecule has 0 atom stereocenters. The van der Waals surface area contributed by atoms with Crippen LogP contribution in [0.3, 0.4) is 0 Å². The summed E-state index contributed by atoms with van der Waals surface area (Å²) in [5.74, 6) is -0.0246. The van der Waals surface area contributed by atoms with Gasteiger partial charge in [-0.2, -0.15) is 0 Å². The van der Waals surface area contributed by atoms with Gasteiger partial charge in [-0.1, -0.05) is 78.0 Å². The van der Waals surface area contributed by atoms with Gasteiger partial charge in [-0.05, 0) is 69.6 Å². The average molecular weight is 583 g/mol. The number of ether oxygens (including phenoxy) is 2. The summed E-state index contributed by atoms with van der Waals surface area (Å²) in [6.07, 6.45) is 4.73. The van der Waals surface area contributed by atoms with Crippen molar-refractivity contribution in [3.8, 4) is 11.1 Å². The molecule has 1 aliphatic carbocycles. The van der Waals surface area contributed by atoms with Gasteiger partial charge >= 0.3 is 6.09 Å². The highest BCUT2D eigenvalue weighted by molar-refractivity contribution is 7.99. The van der Waals surface area contributed by atoms with E-state index in [0.717, 1.165) is 45.4 Å². The molecule has 41 heavy (non-hydrogen) atoms. The van der Waals surface area contributed by atoms with Crippen LogP contribution in [-0.4, -0.2) is 37.2 Å². The number of pyridine rings is 1. The molecule has 1 amide bonds. The summed E-state index contributed by atoms with van der Waals surface area (Å²) >= 11 is 8.12. The molecule has 8 heteroatoms. The second kappa shape index (κ2) is 12.3. The summed E-state index contributed by atoms with van der Waals surface area (Å²) in [5, 5.41) is 3.98. The largest absolute Gasteiger partial charge is 0.449 e. The highest BCUT2D eigenvalue weighted by atomic mass is 35.5. The summed E-state index contributed by atoms with van der Waals surface area (Å²) in [6.45, 7) is 1.61. The fourth-order valence-electron chi connectivity index (χ4n) is 5.36. The zero-order valence-electron chi connectivity index (χ0n) is 22.1. The van der Waals surface area contributed by atoms with Gasteiger partial charge in [0.25, 0.3) is 0 Å². The highest BCUT2D eigenvalue weighted by Gasteiger charge is 2.29. The lowest BCUT2D eigenvalue weighted by Crippen LogP contribution is -2.26. The molecule has 1 aliphatic heterocycles. The minimum Gasteiger partial charge on any atom is -0.449 e. The Hall–Kier alpha value is -3.91. The van der Waals surface area contributed by atoms with E-state index in [1.807, 2.05) is 42.5 Å². The van der Waals surface area contributed by atoms with E-state index in [-0.39, 0.29) is 19.1 Å². The van der Waals surface area contributed by atoms with E-state index in [4.69, 9.17) is 21.1 Å². The number of rotatable bonds is 8. The van der Waals surface area contributed by atoms with Gasteiger partial charge in [0.15, 0.2) is 6.29 Å². The topological polar surface area (TPSA) is 77.5 Å². The van der Waals surface area contributed by atoms with Crippen molar-refractivity contribution in [2.75, 3.05) is 19.8 Å². The zero-order chi connectivity index (χ0) is 28.2. The first-order valence-corrected chi connectivity index (χ1v) is 14.6. The maximum Gasteiger partial charge on any atom is 0.407 e. The third-order valence-corrected chi connectivity index (χ3v) is 8.98. The van der Waals surface area contributed by atoms with Crippen LogP contribution in [0.25, 0.3) is 16.7 Å². The number of halogens is 1. The van der Waals surface area contributed by atoms with Gasteiger partial charge in [-0.25, -0.2) is 9.78 Å². The summed E-state index contributed by atoms with van der Waals surface area (Å²) in [4.78, 5) is 29.7. The third-order valence-electron chi connectivity index (χ3n) is 7.35. The van der Waals surface area contributed by atoms with Gasteiger partial charge in [0.1, 0.15) is 11.6 Å². The Bertz CT molecular complexity index is 1610. The molecule has 0 spiro atoms. The Morgan fingerprint density at radius 2 is 1.83 bits per heavy atom. The minimum absolute atomic E-state index is 0.0246. The van der Waals surface area contributed by atoms with Crippen molar-refractivity contribution in [2.45, 2.75) is 28.8 Å². The van der Waals surface area contributed by atoms with Crippen LogP contribution in [-0.2, 0) is 16.0 Å². The van der Waals surface area contributed by atoms with Gasteiger partial charge < -0.3 is 14.8 Å². The predicted molar refractivity (Wildman–Crippen MR) is 161 cm³/mol. The zero-order valence-corrected chi connectivity index (χ0v) is 23.7. The molecule has 206 valence electrons. The molecule has 3 aromatic carbocycles. The molecule has 2 aliphatic rings. The minimum atomic E-state index is -0.513. The number of aromatic nitrogens is 1. The van der Waals surface area contributed by atoms with Crippen LogP contribution in [0.5, 0.6) is 0 Å². The molecular formula is C33H27ClN2O4S. The highest BCUT2D eigenvalue weighted by Crippen LogP contribution is 2.44. The van der Waals surface area contributed by atoms with Crippen molar-refractivity contribution in [3.63, 3.8) is 0 Å². The van der Waals surface area contributed by atoms with Crippen LogP contribution in [0.2, 0.25) is 5.02 Å². The maximum atomic E-state index is 13.0. The first-order chi connectivity index (χ1) is 20.1. The van der Waals surface area contributed by atoms with E-state index >= 15 is 0 Å². The second-order valence-electron chi connectivity index (χ2n) is 9.80.